The Morgan fingerprint density at radius 2 is 0.923 bits per heavy atom. The summed E-state index contributed by atoms with van der Waals surface area (Å²) in [6.07, 6.45) is 7.07. The molecule has 78 valence electrons. The summed E-state index contributed by atoms with van der Waals surface area (Å²) in [5, 5.41) is 0. The third-order valence-electron chi connectivity index (χ3n) is 2.24. The molecule has 0 rings (SSSR count). The first-order valence-corrected chi connectivity index (χ1v) is 6.63. The molecule has 0 N–H and O–H groups in total. The number of halogens is 3. The van der Waals surface area contributed by atoms with E-state index >= 15 is 0 Å². The first-order chi connectivity index (χ1) is 6.35. The van der Waals surface area contributed by atoms with Gasteiger partial charge in [0, 0.05) is 17.6 Å². The van der Waals surface area contributed by atoms with Crippen molar-refractivity contribution < 1.29 is 0 Å². The average molecular weight is 243 g/mol. The van der Waals surface area contributed by atoms with Gasteiger partial charge in [-0.15, -0.1) is 34.8 Å². The summed E-state index contributed by atoms with van der Waals surface area (Å²) < 4.78 is 0. The monoisotopic (exact) mass is 242 g/mol. The van der Waals surface area contributed by atoms with Crippen LogP contribution in [-0.4, -0.2) is 24.4 Å². The highest BCUT2D eigenvalue weighted by molar-refractivity contribution is 6.58. The molecule has 4 heteroatoms. The summed E-state index contributed by atoms with van der Waals surface area (Å²) in [6.45, 7) is 0.788. The molecule has 0 radical (unpaired) electrons. The Balaban J connectivity index is 3.47. The van der Waals surface area contributed by atoms with E-state index in [1.54, 1.807) is 0 Å². The minimum absolute atomic E-state index is 0.776. The lowest BCUT2D eigenvalue weighted by Crippen LogP contribution is -2.12. The third-order valence-corrected chi connectivity index (χ3v) is 3.04. The summed E-state index contributed by atoms with van der Waals surface area (Å²) in [5.74, 6) is 2.33. The smallest absolute Gasteiger partial charge is 0.127 e. The Hall–Kier alpha value is 0.935. The maximum absolute atomic E-state index is 5.66. The Kier molecular flexibility index (Phi) is 11.8. The van der Waals surface area contributed by atoms with Gasteiger partial charge in [-0.05, 0) is 19.3 Å². The highest BCUT2D eigenvalue weighted by Crippen LogP contribution is 2.14. The van der Waals surface area contributed by atoms with Crippen LogP contribution in [0.25, 0.3) is 0 Å². The van der Waals surface area contributed by atoms with Gasteiger partial charge in [-0.2, -0.15) is 0 Å². The van der Waals surface area contributed by atoms with Crippen LogP contribution in [0.3, 0.4) is 0 Å². The van der Waals surface area contributed by atoms with Gasteiger partial charge in [-0.3, -0.25) is 0 Å². The molecular weight excluding hydrogens is 225 g/mol. The summed E-state index contributed by atoms with van der Waals surface area (Å²) in [6, 6.07) is 0. The lowest BCUT2D eigenvalue weighted by atomic mass is 9.41. The first-order valence-electron chi connectivity index (χ1n) is 5.03. The van der Waals surface area contributed by atoms with Gasteiger partial charge in [-0.25, -0.2) is 0 Å². The van der Waals surface area contributed by atoms with E-state index < -0.39 is 0 Å². The van der Waals surface area contributed by atoms with Crippen molar-refractivity contribution >= 4 is 41.5 Å². The molecule has 0 aromatic rings. The van der Waals surface area contributed by atoms with Gasteiger partial charge < -0.3 is 0 Å². The molecule has 0 aromatic heterocycles. The Morgan fingerprint density at radius 3 is 1.15 bits per heavy atom. The van der Waals surface area contributed by atoms with Crippen molar-refractivity contribution in [3.05, 3.63) is 0 Å². The number of rotatable bonds is 9. The second-order valence-corrected chi connectivity index (χ2v) is 4.49. The van der Waals surface area contributed by atoms with Gasteiger partial charge in [0.25, 0.3) is 0 Å². The van der Waals surface area contributed by atoms with E-state index in [1.165, 1.54) is 19.0 Å². The van der Waals surface area contributed by atoms with Crippen molar-refractivity contribution in [1.29, 1.82) is 0 Å². The van der Waals surface area contributed by atoms with Crippen LogP contribution in [0.4, 0.5) is 0 Å². The summed E-state index contributed by atoms with van der Waals surface area (Å²) in [5.41, 5.74) is 0. The second kappa shape index (κ2) is 11.0. The SMILES string of the molecule is ClCCCB(CCCCl)CCCCl. The maximum atomic E-state index is 5.66. The maximum Gasteiger partial charge on any atom is 0.140 e. The van der Waals surface area contributed by atoms with E-state index in [0.717, 1.165) is 43.6 Å². The highest BCUT2D eigenvalue weighted by atomic mass is 35.5. The molecule has 0 nitrogen and oxygen atoms in total. The van der Waals surface area contributed by atoms with Crippen molar-refractivity contribution in [3.63, 3.8) is 0 Å². The van der Waals surface area contributed by atoms with Crippen LogP contribution in [0.2, 0.25) is 19.0 Å². The fourth-order valence-corrected chi connectivity index (χ4v) is 1.99. The fraction of sp³-hybridized carbons (Fsp3) is 1.00. The van der Waals surface area contributed by atoms with Crippen LogP contribution < -0.4 is 0 Å². The molecule has 0 spiro atoms. The molecule has 0 saturated carbocycles. The van der Waals surface area contributed by atoms with Gasteiger partial charge in [0.1, 0.15) is 6.71 Å². The normalized spacial score (nSPS) is 10.4. The predicted octanol–water partition coefficient (Wildman–Crippen LogP) is 4.37. The number of hydrogen-bond donors (Lipinski definition) is 0. The summed E-state index contributed by atoms with van der Waals surface area (Å²) in [4.78, 5) is 0. The minimum Gasteiger partial charge on any atom is -0.127 e. The standard InChI is InChI=1S/C9H18BCl3/c11-7-1-4-10(5-2-8-12)6-3-9-13/h1-9H2. The van der Waals surface area contributed by atoms with E-state index in [9.17, 15) is 0 Å². The second-order valence-electron chi connectivity index (χ2n) is 3.36. The van der Waals surface area contributed by atoms with Gasteiger partial charge in [0.05, 0.1) is 0 Å². The average Bonchev–Trinajstić information content (AvgIpc) is 2.17. The Morgan fingerprint density at radius 1 is 0.615 bits per heavy atom. The summed E-state index contributed by atoms with van der Waals surface area (Å²) in [7, 11) is 0. The van der Waals surface area contributed by atoms with E-state index in [2.05, 4.69) is 0 Å². The van der Waals surface area contributed by atoms with Crippen molar-refractivity contribution in [2.24, 2.45) is 0 Å². The highest BCUT2D eigenvalue weighted by Gasteiger charge is 2.11. The first kappa shape index (κ1) is 13.9. The molecule has 0 saturated heterocycles. The van der Waals surface area contributed by atoms with Crippen LogP contribution in [0.5, 0.6) is 0 Å². The van der Waals surface area contributed by atoms with Crippen molar-refractivity contribution in [2.75, 3.05) is 17.6 Å². The van der Waals surface area contributed by atoms with E-state index in [1.807, 2.05) is 0 Å². The van der Waals surface area contributed by atoms with Gasteiger partial charge >= 0.3 is 0 Å². The van der Waals surface area contributed by atoms with Crippen LogP contribution in [0, 0.1) is 0 Å². The zero-order chi connectivity index (χ0) is 9.94. The molecule has 0 aromatic carbocycles. The van der Waals surface area contributed by atoms with Crippen LogP contribution in [0.1, 0.15) is 19.3 Å². The number of hydrogen-bond acceptors (Lipinski definition) is 0. The number of alkyl halides is 3. The quantitative estimate of drug-likeness (QED) is 0.417. The van der Waals surface area contributed by atoms with Gasteiger partial charge in [0.15, 0.2) is 0 Å². The van der Waals surface area contributed by atoms with E-state index in [4.69, 9.17) is 34.8 Å². The molecule has 0 atom stereocenters. The molecule has 0 amide bonds. The van der Waals surface area contributed by atoms with E-state index in [0.29, 0.717) is 0 Å². The molecule has 0 aliphatic carbocycles. The van der Waals surface area contributed by atoms with Gasteiger partial charge in [-0.1, -0.05) is 19.0 Å². The molecule has 0 bridgehead atoms. The Labute approximate surface area is 97.4 Å². The summed E-state index contributed by atoms with van der Waals surface area (Å²) >= 11 is 17.0. The van der Waals surface area contributed by atoms with Crippen molar-refractivity contribution in [2.45, 2.75) is 38.2 Å². The Bertz CT molecular complexity index is 81.8. The van der Waals surface area contributed by atoms with Crippen LogP contribution in [0.15, 0.2) is 0 Å². The van der Waals surface area contributed by atoms with Crippen molar-refractivity contribution in [3.8, 4) is 0 Å². The molecule has 0 fully saturated rings. The molecule has 0 aliphatic heterocycles. The minimum atomic E-state index is 0.776. The largest absolute Gasteiger partial charge is 0.140 e. The zero-order valence-corrected chi connectivity index (χ0v) is 10.3. The molecule has 0 unspecified atom stereocenters. The lowest BCUT2D eigenvalue weighted by molar-refractivity contribution is 0.965. The van der Waals surface area contributed by atoms with E-state index in [-0.39, 0.29) is 0 Å². The topological polar surface area (TPSA) is 0 Å². The van der Waals surface area contributed by atoms with Crippen LogP contribution in [-0.2, 0) is 0 Å². The van der Waals surface area contributed by atoms with Crippen LogP contribution >= 0.6 is 34.8 Å². The lowest BCUT2D eigenvalue weighted by Gasteiger charge is -2.10. The third kappa shape index (κ3) is 9.24. The zero-order valence-electron chi connectivity index (χ0n) is 8.08. The molecule has 0 aliphatic rings. The van der Waals surface area contributed by atoms with Crippen molar-refractivity contribution in [1.82, 2.24) is 0 Å². The molecular formula is C9H18BCl3. The molecule has 13 heavy (non-hydrogen) atoms. The molecule has 0 heterocycles. The predicted molar refractivity (Wildman–Crippen MR) is 66.2 cm³/mol. The fourth-order valence-electron chi connectivity index (χ4n) is 1.53. The van der Waals surface area contributed by atoms with Gasteiger partial charge in [0.2, 0.25) is 0 Å².